The van der Waals surface area contributed by atoms with Crippen LogP contribution in [0.4, 0.5) is 5.69 Å². The van der Waals surface area contributed by atoms with Crippen LogP contribution in [0.25, 0.3) is 0 Å². The molecular weight excluding hydrogens is 438 g/mol. The first-order chi connectivity index (χ1) is 15.7. The number of rotatable bonds is 9. The van der Waals surface area contributed by atoms with Crippen molar-refractivity contribution in [2.75, 3.05) is 11.4 Å². The van der Waals surface area contributed by atoms with Crippen LogP contribution >= 0.6 is 11.3 Å². The van der Waals surface area contributed by atoms with Gasteiger partial charge in [-0.25, -0.2) is 0 Å². The number of carbonyl (C=O) groups excluding carboxylic acids is 3. The van der Waals surface area contributed by atoms with Crippen LogP contribution in [0.2, 0.25) is 0 Å². The van der Waals surface area contributed by atoms with Crippen molar-refractivity contribution in [1.82, 2.24) is 10.6 Å². The van der Waals surface area contributed by atoms with E-state index in [1.165, 1.54) is 22.5 Å². The maximum absolute atomic E-state index is 13.5. The molecule has 0 bridgehead atoms. The summed E-state index contributed by atoms with van der Waals surface area (Å²) >= 11 is 1.29. The Labute approximate surface area is 197 Å². The van der Waals surface area contributed by atoms with Crippen molar-refractivity contribution in [3.63, 3.8) is 0 Å². The highest BCUT2D eigenvalue weighted by molar-refractivity contribution is 7.12. The van der Waals surface area contributed by atoms with Crippen molar-refractivity contribution in [2.24, 2.45) is 0 Å². The average molecular weight is 468 g/mol. The number of para-hydroxylation sites is 1. The lowest BCUT2D eigenvalue weighted by atomic mass is 10.00. The molecule has 1 atom stereocenters. The van der Waals surface area contributed by atoms with Crippen LogP contribution in [0.3, 0.4) is 0 Å². The number of nitrogens with one attached hydrogen (secondary N) is 2. The molecule has 0 spiro atoms. The van der Waals surface area contributed by atoms with E-state index in [0.29, 0.717) is 22.7 Å². The molecule has 3 amide bonds. The van der Waals surface area contributed by atoms with Crippen LogP contribution in [-0.4, -0.2) is 29.8 Å². The number of aryl methyl sites for hydroxylation is 1. The Kier molecular flexibility index (Phi) is 7.71. The largest absolute Gasteiger partial charge is 0.467 e. The highest BCUT2D eigenvalue weighted by atomic mass is 32.1. The standard InChI is InChI=1S/C25H29N3O4S/c1-5-25(3,4)27-24(31)22(19-12-8-14-32-19)28(18-11-7-6-10-17(18)2)21(29)16-26-23(30)20-13-9-15-33-20/h6-15,22H,5,16H2,1-4H3,(H,26,30)(H,27,31)/t22-/m1/s1. The molecule has 2 N–H and O–H groups in total. The van der Waals surface area contributed by atoms with Crippen molar-refractivity contribution >= 4 is 34.7 Å². The number of anilines is 1. The van der Waals surface area contributed by atoms with Crippen LogP contribution < -0.4 is 15.5 Å². The van der Waals surface area contributed by atoms with E-state index in [2.05, 4.69) is 10.6 Å². The van der Waals surface area contributed by atoms with Gasteiger partial charge in [-0.1, -0.05) is 31.2 Å². The van der Waals surface area contributed by atoms with Crippen LogP contribution in [0, 0.1) is 6.92 Å². The number of carbonyl (C=O) groups is 3. The Morgan fingerprint density at radius 2 is 1.85 bits per heavy atom. The minimum atomic E-state index is -1.04. The summed E-state index contributed by atoms with van der Waals surface area (Å²) in [7, 11) is 0. The summed E-state index contributed by atoms with van der Waals surface area (Å²) in [6.45, 7) is 7.42. The second-order valence-corrected chi connectivity index (χ2v) is 9.30. The van der Waals surface area contributed by atoms with Gasteiger partial charge in [-0.15, -0.1) is 11.3 Å². The molecule has 1 aromatic carbocycles. The SMILES string of the molecule is CCC(C)(C)NC(=O)[C@@H](c1ccco1)N(C(=O)CNC(=O)c1cccs1)c1ccccc1C. The summed E-state index contributed by atoms with van der Waals surface area (Å²) in [6, 6.07) is 13.1. The Bertz CT molecular complexity index is 1090. The number of thiophene rings is 1. The van der Waals surface area contributed by atoms with Crippen molar-refractivity contribution in [3.05, 3.63) is 76.4 Å². The predicted octanol–water partition coefficient (Wildman–Crippen LogP) is 4.46. The molecule has 33 heavy (non-hydrogen) atoms. The minimum Gasteiger partial charge on any atom is -0.467 e. The lowest BCUT2D eigenvalue weighted by Crippen LogP contribution is -2.52. The van der Waals surface area contributed by atoms with Crippen molar-refractivity contribution in [2.45, 2.75) is 45.7 Å². The third kappa shape index (κ3) is 5.90. The first kappa shape index (κ1) is 24.3. The molecule has 3 rings (SSSR count). The number of nitrogens with zero attached hydrogens (tertiary/aromatic N) is 1. The molecule has 0 unspecified atom stereocenters. The average Bonchev–Trinajstić information content (AvgIpc) is 3.50. The summed E-state index contributed by atoms with van der Waals surface area (Å²) in [6.07, 6.45) is 2.18. The third-order valence-electron chi connectivity index (χ3n) is 5.45. The van der Waals surface area contributed by atoms with Gasteiger partial charge in [0, 0.05) is 11.2 Å². The summed E-state index contributed by atoms with van der Waals surface area (Å²) < 4.78 is 5.60. The first-order valence-corrected chi connectivity index (χ1v) is 11.7. The number of hydrogen-bond acceptors (Lipinski definition) is 5. The van der Waals surface area contributed by atoms with Gasteiger partial charge in [0.2, 0.25) is 5.91 Å². The second kappa shape index (κ2) is 10.5. The number of furan rings is 1. The molecule has 0 radical (unpaired) electrons. The number of hydrogen-bond donors (Lipinski definition) is 2. The van der Waals surface area contributed by atoms with E-state index < -0.39 is 17.5 Å². The zero-order valence-electron chi connectivity index (χ0n) is 19.3. The summed E-state index contributed by atoms with van der Waals surface area (Å²) in [5, 5.41) is 7.49. The highest BCUT2D eigenvalue weighted by Crippen LogP contribution is 2.31. The van der Waals surface area contributed by atoms with E-state index >= 15 is 0 Å². The first-order valence-electron chi connectivity index (χ1n) is 10.8. The van der Waals surface area contributed by atoms with Crippen LogP contribution in [0.5, 0.6) is 0 Å². The van der Waals surface area contributed by atoms with E-state index in [1.54, 1.807) is 41.8 Å². The molecule has 0 aliphatic carbocycles. The molecule has 0 saturated carbocycles. The second-order valence-electron chi connectivity index (χ2n) is 8.35. The fourth-order valence-corrected chi connectivity index (χ4v) is 3.94. The highest BCUT2D eigenvalue weighted by Gasteiger charge is 2.37. The maximum Gasteiger partial charge on any atom is 0.261 e. The summed E-state index contributed by atoms with van der Waals surface area (Å²) in [5.74, 6) is -0.798. The zero-order valence-corrected chi connectivity index (χ0v) is 20.1. The zero-order chi connectivity index (χ0) is 24.0. The Hall–Kier alpha value is -3.39. The smallest absolute Gasteiger partial charge is 0.261 e. The van der Waals surface area contributed by atoms with E-state index in [9.17, 15) is 14.4 Å². The lowest BCUT2D eigenvalue weighted by molar-refractivity contribution is -0.128. The monoisotopic (exact) mass is 467 g/mol. The molecule has 0 saturated heterocycles. The molecule has 3 aromatic rings. The van der Waals surface area contributed by atoms with Gasteiger partial charge in [-0.05, 0) is 62.4 Å². The van der Waals surface area contributed by atoms with Crippen molar-refractivity contribution < 1.29 is 18.8 Å². The van der Waals surface area contributed by atoms with E-state index in [1.807, 2.05) is 39.8 Å². The quantitative estimate of drug-likeness (QED) is 0.486. The number of amides is 3. The van der Waals surface area contributed by atoms with Gasteiger partial charge in [-0.2, -0.15) is 0 Å². The van der Waals surface area contributed by atoms with E-state index in [-0.39, 0.29) is 18.4 Å². The lowest BCUT2D eigenvalue weighted by Gasteiger charge is -2.34. The third-order valence-corrected chi connectivity index (χ3v) is 6.32. The summed E-state index contributed by atoms with van der Waals surface area (Å²) in [4.78, 5) is 41.4. The fourth-order valence-electron chi connectivity index (χ4n) is 3.30. The normalized spacial score (nSPS) is 12.1. The number of benzene rings is 1. The summed E-state index contributed by atoms with van der Waals surface area (Å²) in [5.41, 5.74) is 0.906. The molecule has 0 aliphatic heterocycles. The maximum atomic E-state index is 13.5. The van der Waals surface area contributed by atoms with Crippen LogP contribution in [0.15, 0.2) is 64.6 Å². The van der Waals surface area contributed by atoms with E-state index in [4.69, 9.17) is 4.42 Å². The predicted molar refractivity (Wildman–Crippen MR) is 129 cm³/mol. The molecule has 2 heterocycles. The fraction of sp³-hybridized carbons (Fsp3) is 0.320. The van der Waals surface area contributed by atoms with Gasteiger partial charge in [0.1, 0.15) is 5.76 Å². The molecular formula is C25H29N3O4S. The van der Waals surface area contributed by atoms with Crippen LogP contribution in [0.1, 0.15) is 54.2 Å². The molecule has 8 heteroatoms. The van der Waals surface area contributed by atoms with Crippen molar-refractivity contribution in [1.29, 1.82) is 0 Å². The Morgan fingerprint density at radius 3 is 2.45 bits per heavy atom. The topological polar surface area (TPSA) is 91.7 Å². The van der Waals surface area contributed by atoms with Gasteiger partial charge < -0.3 is 15.1 Å². The van der Waals surface area contributed by atoms with Crippen molar-refractivity contribution in [3.8, 4) is 0 Å². The van der Waals surface area contributed by atoms with Gasteiger partial charge in [0.25, 0.3) is 11.8 Å². The molecule has 0 fully saturated rings. The van der Waals surface area contributed by atoms with Crippen LogP contribution in [-0.2, 0) is 9.59 Å². The Balaban J connectivity index is 1.98. The van der Waals surface area contributed by atoms with Gasteiger partial charge in [0.15, 0.2) is 6.04 Å². The molecule has 174 valence electrons. The molecule has 2 aromatic heterocycles. The van der Waals surface area contributed by atoms with E-state index in [0.717, 1.165) is 5.56 Å². The molecule has 7 nitrogen and oxygen atoms in total. The van der Waals surface area contributed by atoms with Gasteiger partial charge in [0.05, 0.1) is 17.7 Å². The minimum absolute atomic E-state index is 0.271. The van der Waals surface area contributed by atoms with Gasteiger partial charge in [-0.3, -0.25) is 19.3 Å². The molecule has 0 aliphatic rings. The Morgan fingerprint density at radius 1 is 1.09 bits per heavy atom. The van der Waals surface area contributed by atoms with Gasteiger partial charge >= 0.3 is 0 Å².